The minimum absolute atomic E-state index is 0.0426. The number of aliphatic carboxylic acids is 1. The third-order valence-electron chi connectivity index (χ3n) is 3.00. The van der Waals surface area contributed by atoms with E-state index in [1.807, 2.05) is 6.92 Å². The molecule has 0 aromatic rings. The molecule has 1 rings (SSSR count). The van der Waals surface area contributed by atoms with E-state index in [0.717, 1.165) is 6.42 Å². The average molecular weight is 244 g/mol. The lowest BCUT2D eigenvalue weighted by atomic mass is 9.99. The van der Waals surface area contributed by atoms with E-state index in [0.29, 0.717) is 26.1 Å². The molecule has 0 aromatic heterocycles. The summed E-state index contributed by atoms with van der Waals surface area (Å²) in [6, 6.07) is -0.208. The topological polar surface area (TPSA) is 78.9 Å². The maximum atomic E-state index is 11.8. The second-order valence-corrected chi connectivity index (χ2v) is 4.36. The van der Waals surface area contributed by atoms with Crippen molar-refractivity contribution in [3.8, 4) is 0 Å². The van der Waals surface area contributed by atoms with E-state index in [2.05, 4.69) is 5.32 Å². The molecule has 1 aliphatic heterocycles. The van der Waals surface area contributed by atoms with Crippen LogP contribution < -0.4 is 5.32 Å². The van der Waals surface area contributed by atoms with Gasteiger partial charge in [-0.15, -0.1) is 0 Å². The van der Waals surface area contributed by atoms with E-state index >= 15 is 0 Å². The molecular weight excluding hydrogens is 224 g/mol. The number of methoxy groups -OCH3 is 1. The number of carbonyl (C=O) groups is 2. The predicted octanol–water partition coefficient (Wildman–Crippen LogP) is 0.527. The van der Waals surface area contributed by atoms with Crippen molar-refractivity contribution in [2.75, 3.05) is 26.7 Å². The SMILES string of the molecule is COC(C)CNC(=O)N1CCC[C@@H](C(=O)O)C1. The number of hydrogen-bond donors (Lipinski definition) is 2. The quantitative estimate of drug-likeness (QED) is 0.756. The number of likely N-dealkylation sites (tertiary alicyclic amines) is 1. The number of hydrogen-bond acceptors (Lipinski definition) is 3. The summed E-state index contributed by atoms with van der Waals surface area (Å²) in [4.78, 5) is 24.2. The second kappa shape index (κ2) is 6.44. The lowest BCUT2D eigenvalue weighted by molar-refractivity contribution is -0.143. The highest BCUT2D eigenvalue weighted by atomic mass is 16.5. The van der Waals surface area contributed by atoms with Crippen molar-refractivity contribution in [3.05, 3.63) is 0 Å². The van der Waals surface area contributed by atoms with Gasteiger partial charge in [0.15, 0.2) is 0 Å². The summed E-state index contributed by atoms with van der Waals surface area (Å²) < 4.78 is 5.02. The largest absolute Gasteiger partial charge is 0.481 e. The van der Waals surface area contributed by atoms with Gasteiger partial charge in [-0.2, -0.15) is 0 Å². The molecule has 0 bridgehead atoms. The molecule has 6 heteroatoms. The van der Waals surface area contributed by atoms with Crippen LogP contribution in [0.25, 0.3) is 0 Å². The Bertz CT molecular complexity index is 283. The summed E-state index contributed by atoms with van der Waals surface area (Å²) in [6.45, 7) is 3.21. The molecule has 6 nitrogen and oxygen atoms in total. The number of nitrogens with zero attached hydrogens (tertiary/aromatic N) is 1. The standard InChI is InChI=1S/C11H20N2O4/c1-8(17-2)6-12-11(16)13-5-3-4-9(7-13)10(14)15/h8-9H,3-7H2,1-2H3,(H,12,16)(H,14,15)/t8?,9-/m1/s1. The molecule has 2 atom stereocenters. The zero-order valence-electron chi connectivity index (χ0n) is 10.3. The van der Waals surface area contributed by atoms with Crippen LogP contribution in [0.15, 0.2) is 0 Å². The number of carbonyl (C=O) groups excluding carboxylic acids is 1. The first-order valence-electron chi connectivity index (χ1n) is 5.83. The van der Waals surface area contributed by atoms with Gasteiger partial charge in [0.2, 0.25) is 0 Å². The third kappa shape index (κ3) is 4.22. The molecule has 98 valence electrons. The molecule has 0 aromatic carbocycles. The van der Waals surface area contributed by atoms with Crippen molar-refractivity contribution in [2.24, 2.45) is 5.92 Å². The van der Waals surface area contributed by atoms with Crippen molar-refractivity contribution >= 4 is 12.0 Å². The molecule has 1 saturated heterocycles. The summed E-state index contributed by atoms with van der Waals surface area (Å²) >= 11 is 0. The van der Waals surface area contributed by atoms with E-state index in [-0.39, 0.29) is 12.1 Å². The molecule has 1 aliphatic rings. The lowest BCUT2D eigenvalue weighted by Crippen LogP contribution is -2.48. The van der Waals surface area contributed by atoms with Gasteiger partial charge in [0.1, 0.15) is 0 Å². The van der Waals surface area contributed by atoms with Gasteiger partial charge in [0, 0.05) is 26.7 Å². The number of amides is 2. The van der Waals surface area contributed by atoms with Gasteiger partial charge in [-0.1, -0.05) is 0 Å². The van der Waals surface area contributed by atoms with Crippen LogP contribution >= 0.6 is 0 Å². The van der Waals surface area contributed by atoms with E-state index in [1.54, 1.807) is 12.0 Å². The number of piperidine rings is 1. The Labute approximate surface area is 101 Å². The number of ether oxygens (including phenoxy) is 1. The maximum Gasteiger partial charge on any atom is 0.317 e. The number of urea groups is 1. The Morgan fingerprint density at radius 1 is 1.59 bits per heavy atom. The second-order valence-electron chi connectivity index (χ2n) is 4.36. The van der Waals surface area contributed by atoms with Crippen LogP contribution in [0, 0.1) is 5.92 Å². The van der Waals surface area contributed by atoms with Gasteiger partial charge in [-0.05, 0) is 19.8 Å². The summed E-state index contributed by atoms with van der Waals surface area (Å²) in [5, 5.41) is 11.6. The molecule has 17 heavy (non-hydrogen) atoms. The molecule has 1 heterocycles. The van der Waals surface area contributed by atoms with Gasteiger partial charge in [0.25, 0.3) is 0 Å². The van der Waals surface area contributed by atoms with Crippen LogP contribution in [0.5, 0.6) is 0 Å². The van der Waals surface area contributed by atoms with Gasteiger partial charge in [-0.25, -0.2) is 4.79 Å². The van der Waals surface area contributed by atoms with Gasteiger partial charge >= 0.3 is 12.0 Å². The third-order valence-corrected chi connectivity index (χ3v) is 3.00. The van der Waals surface area contributed by atoms with E-state index in [4.69, 9.17) is 9.84 Å². The first kappa shape index (κ1) is 13.8. The van der Waals surface area contributed by atoms with Crippen molar-refractivity contribution in [2.45, 2.75) is 25.9 Å². The highest BCUT2D eigenvalue weighted by Gasteiger charge is 2.27. The number of rotatable bonds is 4. The van der Waals surface area contributed by atoms with Crippen LogP contribution in [-0.4, -0.2) is 54.9 Å². The zero-order valence-corrected chi connectivity index (χ0v) is 10.3. The molecular formula is C11H20N2O4. The molecule has 0 radical (unpaired) electrons. The van der Waals surface area contributed by atoms with Crippen LogP contribution in [0.2, 0.25) is 0 Å². The molecule has 1 unspecified atom stereocenters. The fourth-order valence-electron chi connectivity index (χ4n) is 1.79. The molecule has 1 fully saturated rings. The first-order valence-corrected chi connectivity index (χ1v) is 5.83. The summed E-state index contributed by atoms with van der Waals surface area (Å²) in [5.74, 6) is -1.26. The number of carboxylic acids is 1. The van der Waals surface area contributed by atoms with Crippen LogP contribution in [0.4, 0.5) is 4.79 Å². The van der Waals surface area contributed by atoms with Crippen LogP contribution in [-0.2, 0) is 9.53 Å². The molecule has 2 N–H and O–H groups in total. The Morgan fingerprint density at radius 2 is 2.29 bits per heavy atom. The Morgan fingerprint density at radius 3 is 2.88 bits per heavy atom. The van der Waals surface area contributed by atoms with Crippen LogP contribution in [0.3, 0.4) is 0 Å². The fraction of sp³-hybridized carbons (Fsp3) is 0.818. The van der Waals surface area contributed by atoms with E-state index in [9.17, 15) is 9.59 Å². The first-order chi connectivity index (χ1) is 8.04. The number of nitrogens with one attached hydrogen (secondary N) is 1. The van der Waals surface area contributed by atoms with Gasteiger partial charge < -0.3 is 20.1 Å². The van der Waals surface area contributed by atoms with Gasteiger partial charge in [-0.3, -0.25) is 4.79 Å². The normalized spacial score (nSPS) is 22.0. The van der Waals surface area contributed by atoms with Crippen molar-refractivity contribution in [1.82, 2.24) is 10.2 Å². The monoisotopic (exact) mass is 244 g/mol. The Balaban J connectivity index is 2.38. The Kier molecular flexibility index (Phi) is 5.21. The number of carboxylic acid groups (broad SMARTS) is 1. The average Bonchev–Trinajstić information content (AvgIpc) is 2.35. The summed E-state index contributed by atoms with van der Waals surface area (Å²) in [5.41, 5.74) is 0. The van der Waals surface area contributed by atoms with Crippen molar-refractivity contribution in [3.63, 3.8) is 0 Å². The maximum absolute atomic E-state index is 11.8. The van der Waals surface area contributed by atoms with E-state index < -0.39 is 11.9 Å². The molecule has 0 spiro atoms. The fourth-order valence-corrected chi connectivity index (χ4v) is 1.79. The Hall–Kier alpha value is -1.30. The van der Waals surface area contributed by atoms with Crippen molar-refractivity contribution in [1.29, 1.82) is 0 Å². The van der Waals surface area contributed by atoms with E-state index in [1.165, 1.54) is 0 Å². The van der Waals surface area contributed by atoms with Crippen LogP contribution in [0.1, 0.15) is 19.8 Å². The minimum atomic E-state index is -0.826. The predicted molar refractivity (Wildman–Crippen MR) is 61.8 cm³/mol. The molecule has 2 amide bonds. The van der Waals surface area contributed by atoms with Crippen molar-refractivity contribution < 1.29 is 19.4 Å². The molecule has 0 saturated carbocycles. The summed E-state index contributed by atoms with van der Waals surface area (Å²) in [7, 11) is 1.58. The molecule has 0 aliphatic carbocycles. The smallest absolute Gasteiger partial charge is 0.317 e. The lowest BCUT2D eigenvalue weighted by Gasteiger charge is -2.31. The van der Waals surface area contributed by atoms with Gasteiger partial charge in [0.05, 0.1) is 12.0 Å². The summed E-state index contributed by atoms with van der Waals surface area (Å²) in [6.07, 6.45) is 1.34. The highest BCUT2D eigenvalue weighted by Crippen LogP contribution is 2.16. The minimum Gasteiger partial charge on any atom is -0.481 e. The highest BCUT2D eigenvalue weighted by molar-refractivity contribution is 5.76. The zero-order chi connectivity index (χ0) is 12.8.